The van der Waals surface area contributed by atoms with Gasteiger partial charge in [0.1, 0.15) is 5.56 Å². The Hall–Kier alpha value is -2.45. The number of sulfonamides is 1. The van der Waals surface area contributed by atoms with Crippen molar-refractivity contribution in [3.63, 3.8) is 0 Å². The molecular formula is C16H16N2O5S. The Bertz CT molecular complexity index is 943. The highest BCUT2D eigenvalue weighted by molar-refractivity contribution is 7.89. The molecule has 1 fully saturated rings. The van der Waals surface area contributed by atoms with E-state index in [9.17, 15) is 18.0 Å². The van der Waals surface area contributed by atoms with Gasteiger partial charge in [-0.05, 0) is 42.2 Å². The zero-order valence-corrected chi connectivity index (χ0v) is 13.5. The number of hydrogen-bond donors (Lipinski definition) is 2. The first-order valence-corrected chi connectivity index (χ1v) is 8.90. The van der Waals surface area contributed by atoms with Gasteiger partial charge in [-0.25, -0.2) is 13.2 Å². The fourth-order valence-electron chi connectivity index (χ4n) is 2.72. The third kappa shape index (κ3) is 2.98. The number of nitrogens with one attached hydrogen (secondary N) is 1. The number of aromatic amines is 1. The van der Waals surface area contributed by atoms with E-state index in [1.807, 2.05) is 0 Å². The lowest BCUT2D eigenvalue weighted by Crippen LogP contribution is -2.27. The van der Waals surface area contributed by atoms with Crippen molar-refractivity contribution in [3.8, 4) is 11.1 Å². The lowest BCUT2D eigenvalue weighted by molar-refractivity contribution is 0.0695. The molecule has 0 saturated carbocycles. The summed E-state index contributed by atoms with van der Waals surface area (Å²) in [4.78, 5) is 25.1. The molecule has 3 rings (SSSR count). The zero-order chi connectivity index (χ0) is 17.3. The number of hydrogen-bond acceptors (Lipinski definition) is 4. The predicted molar refractivity (Wildman–Crippen MR) is 87.5 cm³/mol. The van der Waals surface area contributed by atoms with E-state index in [4.69, 9.17) is 5.11 Å². The van der Waals surface area contributed by atoms with Crippen molar-refractivity contribution in [3.05, 3.63) is 52.4 Å². The summed E-state index contributed by atoms with van der Waals surface area (Å²) in [5.74, 6) is -1.33. The minimum absolute atomic E-state index is 0.157. The van der Waals surface area contributed by atoms with Gasteiger partial charge in [-0.3, -0.25) is 4.79 Å². The Labute approximate surface area is 138 Å². The van der Waals surface area contributed by atoms with Crippen molar-refractivity contribution < 1.29 is 18.3 Å². The van der Waals surface area contributed by atoms with Crippen molar-refractivity contribution in [2.75, 3.05) is 13.1 Å². The standard InChI is InChI=1S/C16H16N2O5S/c19-15-14(16(20)21)9-12(10-17-15)11-4-3-5-13(8-11)24(22,23)18-6-1-2-7-18/h3-5,8-10H,1-2,6-7H2,(H,17,19)(H,20,21). The second-order valence-corrected chi connectivity index (χ2v) is 7.51. The van der Waals surface area contributed by atoms with Crippen LogP contribution in [0.4, 0.5) is 0 Å². The van der Waals surface area contributed by atoms with Gasteiger partial charge in [-0.1, -0.05) is 12.1 Å². The predicted octanol–water partition coefficient (Wildman–Crippen LogP) is 1.52. The molecule has 0 spiro atoms. The molecule has 2 N–H and O–H groups in total. The highest BCUT2D eigenvalue weighted by Gasteiger charge is 2.27. The van der Waals surface area contributed by atoms with Crippen LogP contribution < -0.4 is 5.56 Å². The van der Waals surface area contributed by atoms with Gasteiger partial charge in [0.2, 0.25) is 10.0 Å². The number of benzene rings is 1. The van der Waals surface area contributed by atoms with Crippen LogP contribution >= 0.6 is 0 Å². The van der Waals surface area contributed by atoms with Crippen molar-refractivity contribution >= 4 is 16.0 Å². The Morgan fingerprint density at radius 3 is 2.50 bits per heavy atom. The van der Waals surface area contributed by atoms with Crippen LogP contribution in [0.3, 0.4) is 0 Å². The van der Waals surface area contributed by atoms with Crippen LogP contribution in [-0.4, -0.2) is 41.9 Å². The van der Waals surface area contributed by atoms with E-state index in [0.717, 1.165) is 12.8 Å². The maximum absolute atomic E-state index is 12.6. The molecular weight excluding hydrogens is 332 g/mol. The Balaban J connectivity index is 2.04. The maximum Gasteiger partial charge on any atom is 0.341 e. The van der Waals surface area contributed by atoms with Crippen LogP contribution in [0, 0.1) is 0 Å². The summed E-state index contributed by atoms with van der Waals surface area (Å²) < 4.78 is 26.7. The van der Waals surface area contributed by atoms with E-state index < -0.39 is 21.6 Å². The van der Waals surface area contributed by atoms with Gasteiger partial charge >= 0.3 is 5.97 Å². The summed E-state index contributed by atoms with van der Waals surface area (Å²) >= 11 is 0. The fraction of sp³-hybridized carbons (Fsp3) is 0.250. The first kappa shape index (κ1) is 16.4. The van der Waals surface area contributed by atoms with E-state index in [0.29, 0.717) is 24.2 Å². The number of carboxylic acids is 1. The number of nitrogens with zero attached hydrogens (tertiary/aromatic N) is 1. The van der Waals surface area contributed by atoms with Gasteiger partial charge < -0.3 is 10.1 Å². The van der Waals surface area contributed by atoms with Crippen LogP contribution in [0.25, 0.3) is 11.1 Å². The second-order valence-electron chi connectivity index (χ2n) is 5.58. The third-order valence-corrected chi connectivity index (χ3v) is 5.90. The summed E-state index contributed by atoms with van der Waals surface area (Å²) in [6.07, 6.45) is 3.07. The van der Waals surface area contributed by atoms with E-state index >= 15 is 0 Å². The Morgan fingerprint density at radius 2 is 1.83 bits per heavy atom. The fourth-order valence-corrected chi connectivity index (χ4v) is 4.29. The number of rotatable bonds is 4. The van der Waals surface area contributed by atoms with Gasteiger partial charge in [-0.2, -0.15) is 4.31 Å². The number of aromatic carboxylic acids is 1. The van der Waals surface area contributed by atoms with Gasteiger partial charge in [0.15, 0.2) is 0 Å². The van der Waals surface area contributed by atoms with E-state index in [2.05, 4.69) is 4.98 Å². The molecule has 24 heavy (non-hydrogen) atoms. The van der Waals surface area contributed by atoms with Gasteiger partial charge in [0.25, 0.3) is 5.56 Å². The molecule has 0 amide bonds. The van der Waals surface area contributed by atoms with Crippen molar-refractivity contribution in [1.29, 1.82) is 0 Å². The molecule has 1 aliphatic heterocycles. The highest BCUT2D eigenvalue weighted by Crippen LogP contribution is 2.25. The molecule has 1 saturated heterocycles. The molecule has 0 unspecified atom stereocenters. The summed E-state index contributed by atoms with van der Waals surface area (Å²) in [5.41, 5.74) is -0.133. The van der Waals surface area contributed by atoms with Crippen LogP contribution in [0.15, 0.2) is 46.2 Å². The molecule has 2 aromatic rings. The van der Waals surface area contributed by atoms with Gasteiger partial charge in [-0.15, -0.1) is 0 Å². The average Bonchev–Trinajstić information content (AvgIpc) is 3.10. The SMILES string of the molecule is O=C(O)c1cc(-c2cccc(S(=O)(=O)N3CCCC3)c2)c[nH]c1=O. The first-order valence-electron chi connectivity index (χ1n) is 7.46. The number of H-pyrrole nitrogens is 1. The zero-order valence-electron chi connectivity index (χ0n) is 12.7. The third-order valence-electron chi connectivity index (χ3n) is 4.00. The van der Waals surface area contributed by atoms with Gasteiger partial charge in [0.05, 0.1) is 4.90 Å². The monoisotopic (exact) mass is 348 g/mol. The molecule has 0 atom stereocenters. The molecule has 7 nitrogen and oxygen atoms in total. The summed E-state index contributed by atoms with van der Waals surface area (Å²) in [6.45, 7) is 1.02. The smallest absolute Gasteiger partial charge is 0.341 e. The lowest BCUT2D eigenvalue weighted by atomic mass is 10.1. The largest absolute Gasteiger partial charge is 0.477 e. The summed E-state index contributed by atoms with van der Waals surface area (Å²) in [5, 5.41) is 9.04. The number of carbonyl (C=O) groups is 1. The van der Waals surface area contributed by atoms with Crippen molar-refractivity contribution in [1.82, 2.24) is 9.29 Å². The Morgan fingerprint density at radius 1 is 1.12 bits per heavy atom. The van der Waals surface area contributed by atoms with Crippen LogP contribution in [-0.2, 0) is 10.0 Å². The van der Waals surface area contributed by atoms with Crippen LogP contribution in [0.5, 0.6) is 0 Å². The van der Waals surface area contributed by atoms with Crippen LogP contribution in [0.2, 0.25) is 0 Å². The molecule has 126 valence electrons. The molecule has 1 aliphatic rings. The number of pyridine rings is 1. The molecule has 0 bridgehead atoms. The summed E-state index contributed by atoms with van der Waals surface area (Å²) in [7, 11) is -3.56. The van der Waals surface area contributed by atoms with E-state index in [-0.39, 0.29) is 10.5 Å². The molecule has 8 heteroatoms. The highest BCUT2D eigenvalue weighted by atomic mass is 32.2. The van der Waals surface area contributed by atoms with E-state index in [1.54, 1.807) is 12.1 Å². The van der Waals surface area contributed by atoms with Crippen molar-refractivity contribution in [2.45, 2.75) is 17.7 Å². The Kier molecular flexibility index (Phi) is 4.25. The average molecular weight is 348 g/mol. The second kappa shape index (κ2) is 6.21. The molecule has 1 aromatic heterocycles. The normalized spacial score (nSPS) is 15.5. The van der Waals surface area contributed by atoms with Crippen molar-refractivity contribution in [2.24, 2.45) is 0 Å². The maximum atomic E-state index is 12.6. The molecule has 0 aliphatic carbocycles. The lowest BCUT2D eigenvalue weighted by Gasteiger charge is -2.16. The van der Waals surface area contributed by atoms with Gasteiger partial charge in [0, 0.05) is 19.3 Å². The van der Waals surface area contributed by atoms with E-state index in [1.165, 1.54) is 28.7 Å². The number of aromatic nitrogens is 1. The first-order chi connectivity index (χ1) is 11.4. The quantitative estimate of drug-likeness (QED) is 0.871. The topological polar surface area (TPSA) is 108 Å². The minimum atomic E-state index is -3.56. The number of carboxylic acid groups (broad SMARTS) is 1. The molecule has 0 radical (unpaired) electrons. The summed E-state index contributed by atoms with van der Waals surface area (Å²) in [6, 6.07) is 7.52. The van der Waals surface area contributed by atoms with Crippen LogP contribution in [0.1, 0.15) is 23.2 Å². The molecule has 1 aromatic carbocycles. The minimum Gasteiger partial charge on any atom is -0.477 e. The molecule has 2 heterocycles.